The molecule has 0 saturated carbocycles. The van der Waals surface area contributed by atoms with Crippen LogP contribution in [0.15, 0.2) is 42.5 Å². The Morgan fingerprint density at radius 2 is 1.67 bits per heavy atom. The molecule has 2 nitrogen and oxygen atoms in total. The van der Waals surface area contributed by atoms with Gasteiger partial charge < -0.3 is 4.74 Å². The van der Waals surface area contributed by atoms with Gasteiger partial charge in [-0.3, -0.25) is 0 Å². The minimum Gasteiger partial charge on any atom is -0.465 e. The van der Waals surface area contributed by atoms with Gasteiger partial charge in [0, 0.05) is 0 Å². The number of hydrogen-bond donors (Lipinski definition) is 0. The van der Waals surface area contributed by atoms with Crippen LogP contribution in [0.2, 0.25) is 0 Å². The van der Waals surface area contributed by atoms with E-state index in [0.717, 1.165) is 16.7 Å². The van der Waals surface area contributed by atoms with E-state index in [0.29, 0.717) is 0 Å². The normalized spacial score (nSPS) is 10.2. The lowest BCUT2D eigenvalue weighted by molar-refractivity contribution is 0.0595. The molecule has 0 aliphatic heterocycles. The molecule has 0 atom stereocenters. The first-order valence-corrected chi connectivity index (χ1v) is 5.56. The second kappa shape index (κ2) is 5.00. The van der Waals surface area contributed by atoms with Crippen molar-refractivity contribution in [2.75, 3.05) is 7.11 Å². The largest absolute Gasteiger partial charge is 0.465 e. The molecule has 0 aliphatic rings. The SMILES string of the molecule is COC(=O)c1cc(-c2ccc(C)cc2)ccc1F. The molecular formula is C15H13FO2. The van der Waals surface area contributed by atoms with E-state index in [9.17, 15) is 9.18 Å². The molecule has 2 aromatic carbocycles. The summed E-state index contributed by atoms with van der Waals surface area (Å²) >= 11 is 0. The Hall–Kier alpha value is -2.16. The number of esters is 1. The van der Waals surface area contributed by atoms with Crippen molar-refractivity contribution in [1.29, 1.82) is 0 Å². The smallest absolute Gasteiger partial charge is 0.340 e. The summed E-state index contributed by atoms with van der Waals surface area (Å²) in [4.78, 5) is 11.4. The lowest BCUT2D eigenvalue weighted by Gasteiger charge is -2.06. The Morgan fingerprint density at radius 3 is 2.28 bits per heavy atom. The average Bonchev–Trinajstić information content (AvgIpc) is 2.39. The van der Waals surface area contributed by atoms with Gasteiger partial charge in [-0.1, -0.05) is 35.9 Å². The van der Waals surface area contributed by atoms with Crippen LogP contribution >= 0.6 is 0 Å². The maximum atomic E-state index is 13.5. The van der Waals surface area contributed by atoms with Crippen LogP contribution < -0.4 is 0 Å². The number of halogens is 1. The van der Waals surface area contributed by atoms with Gasteiger partial charge in [-0.2, -0.15) is 0 Å². The van der Waals surface area contributed by atoms with Crippen molar-refractivity contribution in [3.63, 3.8) is 0 Å². The number of methoxy groups -OCH3 is 1. The molecule has 2 rings (SSSR count). The number of benzene rings is 2. The zero-order valence-electron chi connectivity index (χ0n) is 10.2. The topological polar surface area (TPSA) is 26.3 Å². The van der Waals surface area contributed by atoms with Crippen molar-refractivity contribution in [2.45, 2.75) is 6.92 Å². The first kappa shape index (κ1) is 12.3. The van der Waals surface area contributed by atoms with Gasteiger partial charge in [0.1, 0.15) is 5.82 Å². The Kier molecular flexibility index (Phi) is 3.42. The van der Waals surface area contributed by atoms with E-state index in [1.807, 2.05) is 31.2 Å². The Bertz CT molecular complexity index is 574. The summed E-state index contributed by atoms with van der Waals surface area (Å²) in [7, 11) is 1.24. The Balaban J connectivity index is 2.46. The second-order valence-electron chi connectivity index (χ2n) is 4.05. The summed E-state index contributed by atoms with van der Waals surface area (Å²) in [6, 6.07) is 12.2. The predicted octanol–water partition coefficient (Wildman–Crippen LogP) is 3.59. The summed E-state index contributed by atoms with van der Waals surface area (Å²) in [5, 5.41) is 0. The van der Waals surface area contributed by atoms with Crippen LogP contribution in [-0.2, 0) is 4.74 Å². The number of aryl methyl sites for hydroxylation is 1. The van der Waals surface area contributed by atoms with Crippen LogP contribution in [-0.4, -0.2) is 13.1 Å². The van der Waals surface area contributed by atoms with Crippen molar-refractivity contribution in [3.8, 4) is 11.1 Å². The molecule has 0 heterocycles. The van der Waals surface area contributed by atoms with Crippen LogP contribution in [0, 0.1) is 12.7 Å². The van der Waals surface area contributed by atoms with Crippen molar-refractivity contribution in [3.05, 3.63) is 59.4 Å². The fraction of sp³-hybridized carbons (Fsp3) is 0.133. The molecule has 0 amide bonds. The highest BCUT2D eigenvalue weighted by atomic mass is 19.1. The van der Waals surface area contributed by atoms with E-state index in [1.165, 1.54) is 19.2 Å². The lowest BCUT2D eigenvalue weighted by Crippen LogP contribution is -2.04. The highest BCUT2D eigenvalue weighted by Crippen LogP contribution is 2.23. The zero-order valence-corrected chi connectivity index (χ0v) is 10.2. The van der Waals surface area contributed by atoms with Gasteiger partial charge in [0.2, 0.25) is 0 Å². The molecule has 0 aromatic heterocycles. The predicted molar refractivity (Wildman–Crippen MR) is 67.9 cm³/mol. The molecule has 92 valence electrons. The number of hydrogen-bond acceptors (Lipinski definition) is 2. The molecule has 0 radical (unpaired) electrons. The Morgan fingerprint density at radius 1 is 1.06 bits per heavy atom. The standard InChI is InChI=1S/C15H13FO2/c1-10-3-5-11(6-4-10)12-7-8-14(16)13(9-12)15(17)18-2/h3-9H,1-2H3. The molecule has 0 bridgehead atoms. The summed E-state index contributed by atoms with van der Waals surface area (Å²) < 4.78 is 18.0. The third kappa shape index (κ3) is 2.40. The quantitative estimate of drug-likeness (QED) is 0.755. The molecule has 0 N–H and O–H groups in total. The van der Waals surface area contributed by atoms with E-state index in [2.05, 4.69) is 4.74 Å². The molecule has 0 spiro atoms. The van der Waals surface area contributed by atoms with Gasteiger partial charge in [0.25, 0.3) is 0 Å². The monoisotopic (exact) mass is 244 g/mol. The molecule has 0 saturated heterocycles. The van der Waals surface area contributed by atoms with E-state index in [1.54, 1.807) is 6.07 Å². The number of carbonyl (C=O) groups excluding carboxylic acids is 1. The van der Waals surface area contributed by atoms with Crippen molar-refractivity contribution >= 4 is 5.97 Å². The van der Waals surface area contributed by atoms with Gasteiger partial charge in [-0.05, 0) is 30.2 Å². The fourth-order valence-corrected chi connectivity index (χ4v) is 1.72. The molecular weight excluding hydrogens is 231 g/mol. The number of carbonyl (C=O) groups is 1. The van der Waals surface area contributed by atoms with E-state index < -0.39 is 11.8 Å². The molecule has 0 fully saturated rings. The maximum absolute atomic E-state index is 13.5. The minimum absolute atomic E-state index is 0.0458. The lowest BCUT2D eigenvalue weighted by atomic mass is 10.0. The molecule has 3 heteroatoms. The van der Waals surface area contributed by atoms with E-state index in [4.69, 9.17) is 0 Å². The van der Waals surface area contributed by atoms with Crippen molar-refractivity contribution in [1.82, 2.24) is 0 Å². The molecule has 18 heavy (non-hydrogen) atoms. The summed E-state index contributed by atoms with van der Waals surface area (Å²) in [6.07, 6.45) is 0. The zero-order chi connectivity index (χ0) is 13.1. The Labute approximate surface area is 105 Å². The molecule has 0 unspecified atom stereocenters. The first-order valence-electron chi connectivity index (χ1n) is 5.56. The van der Waals surface area contributed by atoms with E-state index in [-0.39, 0.29) is 5.56 Å². The number of ether oxygens (including phenoxy) is 1. The van der Waals surface area contributed by atoms with Crippen LogP contribution in [0.3, 0.4) is 0 Å². The molecule has 0 aliphatic carbocycles. The summed E-state index contributed by atoms with van der Waals surface area (Å²) in [6.45, 7) is 1.99. The van der Waals surface area contributed by atoms with Crippen LogP contribution in [0.25, 0.3) is 11.1 Å². The van der Waals surface area contributed by atoms with Gasteiger partial charge >= 0.3 is 5.97 Å². The highest BCUT2D eigenvalue weighted by Gasteiger charge is 2.13. The van der Waals surface area contributed by atoms with Crippen molar-refractivity contribution < 1.29 is 13.9 Å². The third-order valence-electron chi connectivity index (χ3n) is 2.76. The molecule has 2 aromatic rings. The van der Waals surface area contributed by atoms with Gasteiger partial charge in [0.15, 0.2) is 0 Å². The second-order valence-corrected chi connectivity index (χ2v) is 4.05. The summed E-state index contributed by atoms with van der Waals surface area (Å²) in [5.41, 5.74) is 2.83. The van der Waals surface area contributed by atoms with Crippen LogP contribution in [0.1, 0.15) is 15.9 Å². The van der Waals surface area contributed by atoms with Gasteiger partial charge in [-0.25, -0.2) is 9.18 Å². The van der Waals surface area contributed by atoms with Crippen LogP contribution in [0.4, 0.5) is 4.39 Å². The van der Waals surface area contributed by atoms with E-state index >= 15 is 0 Å². The van der Waals surface area contributed by atoms with Crippen LogP contribution in [0.5, 0.6) is 0 Å². The summed E-state index contributed by atoms with van der Waals surface area (Å²) in [5.74, 6) is -1.24. The maximum Gasteiger partial charge on any atom is 0.340 e. The fourth-order valence-electron chi connectivity index (χ4n) is 1.72. The highest BCUT2D eigenvalue weighted by molar-refractivity contribution is 5.91. The first-order chi connectivity index (χ1) is 8.61. The minimum atomic E-state index is -0.665. The van der Waals surface area contributed by atoms with Crippen molar-refractivity contribution in [2.24, 2.45) is 0 Å². The third-order valence-corrected chi connectivity index (χ3v) is 2.76. The van der Waals surface area contributed by atoms with Gasteiger partial charge in [0.05, 0.1) is 12.7 Å². The number of rotatable bonds is 2. The average molecular weight is 244 g/mol. The van der Waals surface area contributed by atoms with Gasteiger partial charge in [-0.15, -0.1) is 0 Å².